The largest absolute Gasteiger partial charge is 0.444 e. The fourth-order valence-corrected chi connectivity index (χ4v) is 1.65. The number of nitrogens with one attached hydrogen (secondary N) is 1. The maximum atomic E-state index is 11.6. The number of hydrogen-bond donors (Lipinski definition) is 2. The van der Waals surface area contributed by atoms with Gasteiger partial charge >= 0.3 is 6.09 Å². The van der Waals surface area contributed by atoms with Gasteiger partial charge in [-0.2, -0.15) is 0 Å². The molecule has 0 aliphatic rings. The lowest BCUT2D eigenvalue weighted by Gasteiger charge is -2.09. The van der Waals surface area contributed by atoms with Crippen molar-refractivity contribution in [3.05, 3.63) is 65.7 Å². The quantitative estimate of drug-likeness (QED) is 0.885. The summed E-state index contributed by atoms with van der Waals surface area (Å²) in [4.78, 5) is 11.6. The Kier molecular flexibility index (Phi) is 4.53. The number of amides is 1. The van der Waals surface area contributed by atoms with Gasteiger partial charge in [0.15, 0.2) is 0 Å². The number of ether oxygens (including phenoxy) is 1. The van der Waals surface area contributed by atoms with Crippen LogP contribution in [0.2, 0.25) is 0 Å². The van der Waals surface area contributed by atoms with Gasteiger partial charge in [0, 0.05) is 11.3 Å². The zero-order valence-electron chi connectivity index (χ0n) is 10.4. The topological polar surface area (TPSA) is 58.6 Å². The lowest BCUT2D eigenvalue weighted by atomic mass is 10.2. The van der Waals surface area contributed by atoms with Gasteiger partial charge in [-0.15, -0.1) is 0 Å². The Hall–Kier alpha value is -2.33. The van der Waals surface area contributed by atoms with Gasteiger partial charge in [0.25, 0.3) is 0 Å². The van der Waals surface area contributed by atoms with E-state index in [2.05, 4.69) is 5.32 Å². The summed E-state index contributed by atoms with van der Waals surface area (Å²) in [6.45, 7) is 0.0864. The van der Waals surface area contributed by atoms with Crippen molar-refractivity contribution in [1.29, 1.82) is 0 Å². The number of anilines is 1. The van der Waals surface area contributed by atoms with E-state index >= 15 is 0 Å². The highest BCUT2D eigenvalue weighted by Crippen LogP contribution is 2.15. The van der Waals surface area contributed by atoms with Crippen molar-refractivity contribution < 1.29 is 14.6 Å². The minimum atomic E-state index is -0.537. The molecule has 0 spiro atoms. The third-order valence-corrected chi connectivity index (χ3v) is 2.64. The van der Waals surface area contributed by atoms with E-state index in [0.717, 1.165) is 5.56 Å². The SMILES string of the molecule is O=C(Nc1ccccc1CO)OCc1ccccc1. The molecule has 0 saturated carbocycles. The first-order chi connectivity index (χ1) is 9.29. The number of para-hydroxylation sites is 1. The molecule has 4 nitrogen and oxygen atoms in total. The van der Waals surface area contributed by atoms with E-state index in [1.54, 1.807) is 24.3 Å². The lowest BCUT2D eigenvalue weighted by Crippen LogP contribution is -2.14. The monoisotopic (exact) mass is 257 g/mol. The molecule has 4 heteroatoms. The van der Waals surface area contributed by atoms with Crippen LogP contribution in [0.5, 0.6) is 0 Å². The summed E-state index contributed by atoms with van der Waals surface area (Å²) in [6, 6.07) is 16.5. The molecule has 0 atom stereocenters. The van der Waals surface area contributed by atoms with Crippen molar-refractivity contribution in [2.75, 3.05) is 5.32 Å². The number of aliphatic hydroxyl groups excluding tert-OH is 1. The number of aliphatic hydroxyl groups is 1. The second-order valence-corrected chi connectivity index (χ2v) is 4.00. The van der Waals surface area contributed by atoms with Gasteiger partial charge in [0.05, 0.1) is 6.61 Å². The second-order valence-electron chi connectivity index (χ2n) is 4.00. The van der Waals surface area contributed by atoms with Crippen LogP contribution in [-0.4, -0.2) is 11.2 Å². The van der Waals surface area contributed by atoms with Crippen LogP contribution in [0.15, 0.2) is 54.6 Å². The van der Waals surface area contributed by atoms with Gasteiger partial charge in [0.2, 0.25) is 0 Å². The molecule has 19 heavy (non-hydrogen) atoms. The molecule has 0 heterocycles. The van der Waals surface area contributed by atoms with Crippen molar-refractivity contribution >= 4 is 11.8 Å². The highest BCUT2D eigenvalue weighted by Gasteiger charge is 2.06. The molecule has 0 fully saturated rings. The molecule has 0 unspecified atom stereocenters. The maximum absolute atomic E-state index is 11.6. The highest BCUT2D eigenvalue weighted by atomic mass is 16.5. The third-order valence-electron chi connectivity index (χ3n) is 2.64. The van der Waals surface area contributed by atoms with Gasteiger partial charge in [-0.3, -0.25) is 5.32 Å². The first kappa shape index (κ1) is 13.1. The van der Waals surface area contributed by atoms with Crippen LogP contribution in [0.3, 0.4) is 0 Å². The summed E-state index contributed by atoms with van der Waals surface area (Å²) in [7, 11) is 0. The smallest absolute Gasteiger partial charge is 0.411 e. The number of rotatable bonds is 4. The van der Waals surface area contributed by atoms with Crippen LogP contribution in [0, 0.1) is 0 Å². The Labute approximate surface area is 111 Å². The van der Waals surface area contributed by atoms with Crippen LogP contribution in [0.25, 0.3) is 0 Å². The fraction of sp³-hybridized carbons (Fsp3) is 0.133. The molecule has 2 N–H and O–H groups in total. The number of carbonyl (C=O) groups excluding carboxylic acids is 1. The summed E-state index contributed by atoms with van der Waals surface area (Å²) < 4.78 is 5.10. The van der Waals surface area contributed by atoms with E-state index in [-0.39, 0.29) is 13.2 Å². The Morgan fingerprint density at radius 3 is 2.47 bits per heavy atom. The number of carbonyl (C=O) groups is 1. The average Bonchev–Trinajstić information content (AvgIpc) is 2.47. The highest BCUT2D eigenvalue weighted by molar-refractivity contribution is 5.85. The molecule has 0 aliphatic carbocycles. The van der Waals surface area contributed by atoms with E-state index in [1.807, 2.05) is 30.3 Å². The molecule has 0 aliphatic heterocycles. The first-order valence-electron chi connectivity index (χ1n) is 5.96. The van der Waals surface area contributed by atoms with Gasteiger partial charge in [0.1, 0.15) is 6.61 Å². The first-order valence-corrected chi connectivity index (χ1v) is 5.96. The molecular weight excluding hydrogens is 242 g/mol. The zero-order chi connectivity index (χ0) is 13.5. The van der Waals surface area contributed by atoms with Crippen molar-refractivity contribution in [2.24, 2.45) is 0 Å². The van der Waals surface area contributed by atoms with Crippen molar-refractivity contribution in [2.45, 2.75) is 13.2 Å². The van der Waals surface area contributed by atoms with Gasteiger partial charge in [-0.25, -0.2) is 4.79 Å². The Morgan fingerprint density at radius 2 is 1.74 bits per heavy atom. The van der Waals surface area contributed by atoms with Crippen molar-refractivity contribution in [3.63, 3.8) is 0 Å². The minimum Gasteiger partial charge on any atom is -0.444 e. The minimum absolute atomic E-state index is 0.130. The van der Waals surface area contributed by atoms with E-state index in [9.17, 15) is 4.79 Å². The number of hydrogen-bond acceptors (Lipinski definition) is 3. The van der Waals surface area contributed by atoms with E-state index < -0.39 is 6.09 Å². The van der Waals surface area contributed by atoms with Crippen LogP contribution < -0.4 is 5.32 Å². The molecule has 1 amide bonds. The predicted octanol–water partition coefficient (Wildman–Crippen LogP) is 2.93. The molecule has 2 aromatic rings. The summed E-state index contributed by atoms with van der Waals surface area (Å²) in [5.41, 5.74) is 2.13. The normalized spacial score (nSPS) is 9.95. The standard InChI is InChI=1S/C15H15NO3/c17-10-13-8-4-5-9-14(13)16-15(18)19-11-12-6-2-1-3-7-12/h1-9,17H,10-11H2,(H,16,18). The molecule has 0 saturated heterocycles. The molecule has 0 bridgehead atoms. The molecule has 2 rings (SSSR count). The predicted molar refractivity (Wildman–Crippen MR) is 72.6 cm³/mol. The summed E-state index contributed by atoms with van der Waals surface area (Å²) in [5, 5.41) is 11.8. The van der Waals surface area contributed by atoms with Crippen LogP contribution in [0.1, 0.15) is 11.1 Å². The van der Waals surface area contributed by atoms with E-state index in [0.29, 0.717) is 11.3 Å². The fourth-order valence-electron chi connectivity index (χ4n) is 1.65. The number of benzene rings is 2. The van der Waals surface area contributed by atoms with Crippen molar-refractivity contribution in [3.8, 4) is 0 Å². The third kappa shape index (κ3) is 3.82. The van der Waals surface area contributed by atoms with E-state index in [1.165, 1.54) is 0 Å². The van der Waals surface area contributed by atoms with Gasteiger partial charge < -0.3 is 9.84 Å². The summed E-state index contributed by atoms with van der Waals surface area (Å²) in [5.74, 6) is 0. The Morgan fingerprint density at radius 1 is 1.05 bits per heavy atom. The van der Waals surface area contributed by atoms with Gasteiger partial charge in [-0.05, 0) is 11.6 Å². The van der Waals surface area contributed by atoms with Crippen LogP contribution in [0.4, 0.5) is 10.5 Å². The molecule has 0 aromatic heterocycles. The molecule has 2 aromatic carbocycles. The lowest BCUT2D eigenvalue weighted by molar-refractivity contribution is 0.155. The average molecular weight is 257 g/mol. The van der Waals surface area contributed by atoms with E-state index in [4.69, 9.17) is 9.84 Å². The van der Waals surface area contributed by atoms with Gasteiger partial charge in [-0.1, -0.05) is 48.5 Å². The van der Waals surface area contributed by atoms with Crippen LogP contribution in [-0.2, 0) is 18.0 Å². The Balaban J connectivity index is 1.91. The molecule has 98 valence electrons. The summed E-state index contributed by atoms with van der Waals surface area (Å²) >= 11 is 0. The maximum Gasteiger partial charge on any atom is 0.411 e. The summed E-state index contributed by atoms with van der Waals surface area (Å²) in [6.07, 6.45) is -0.537. The molecule has 0 radical (unpaired) electrons. The molecular formula is C15H15NO3. The zero-order valence-corrected chi connectivity index (χ0v) is 10.4. The van der Waals surface area contributed by atoms with Crippen molar-refractivity contribution in [1.82, 2.24) is 0 Å². The second kappa shape index (κ2) is 6.56. The Bertz CT molecular complexity index is 540. The van der Waals surface area contributed by atoms with Crippen LogP contribution >= 0.6 is 0 Å².